The SMILES string of the molecule is C=C(N)/C=C\N(C(N)=O)[C@@H]1O[C@H]([C@H](C)O)[C@@H](O)[C@@H]1O. The molecular weight excluding hydrogens is 254 g/mol. The Morgan fingerprint density at radius 3 is 2.37 bits per heavy atom. The van der Waals surface area contributed by atoms with Gasteiger partial charge in [0.05, 0.1) is 6.10 Å². The van der Waals surface area contributed by atoms with Crippen LogP contribution in [0.1, 0.15) is 6.92 Å². The van der Waals surface area contributed by atoms with Gasteiger partial charge in [0.2, 0.25) is 0 Å². The van der Waals surface area contributed by atoms with Crippen LogP contribution in [0.25, 0.3) is 0 Å². The maximum Gasteiger partial charge on any atom is 0.321 e. The van der Waals surface area contributed by atoms with Gasteiger partial charge in [-0.05, 0) is 13.0 Å². The van der Waals surface area contributed by atoms with Gasteiger partial charge < -0.3 is 31.5 Å². The largest absolute Gasteiger partial charge is 0.399 e. The van der Waals surface area contributed by atoms with Crippen LogP contribution in [-0.4, -0.2) is 56.9 Å². The third-order valence-electron chi connectivity index (χ3n) is 2.73. The van der Waals surface area contributed by atoms with Gasteiger partial charge in [-0.15, -0.1) is 0 Å². The number of aliphatic hydroxyl groups is 3. The van der Waals surface area contributed by atoms with Crippen LogP contribution in [0.15, 0.2) is 24.6 Å². The van der Waals surface area contributed by atoms with Crippen molar-refractivity contribution in [3.05, 3.63) is 24.6 Å². The Hall–Kier alpha value is -1.61. The molecule has 1 aliphatic heterocycles. The molecular formula is C11H19N3O5. The van der Waals surface area contributed by atoms with Crippen LogP contribution in [0.5, 0.6) is 0 Å². The van der Waals surface area contributed by atoms with Crippen molar-refractivity contribution in [2.75, 3.05) is 0 Å². The summed E-state index contributed by atoms with van der Waals surface area (Å²) < 4.78 is 5.26. The first kappa shape index (κ1) is 15.4. The summed E-state index contributed by atoms with van der Waals surface area (Å²) in [6.45, 7) is 4.81. The first-order chi connectivity index (χ1) is 8.75. The average Bonchev–Trinajstić information content (AvgIpc) is 2.57. The second kappa shape index (κ2) is 6.02. The van der Waals surface area contributed by atoms with Crippen LogP contribution in [-0.2, 0) is 4.74 Å². The molecule has 7 N–H and O–H groups in total. The minimum Gasteiger partial charge on any atom is -0.399 e. The van der Waals surface area contributed by atoms with E-state index in [0.717, 1.165) is 4.90 Å². The molecule has 5 atom stereocenters. The highest BCUT2D eigenvalue weighted by Gasteiger charge is 2.47. The van der Waals surface area contributed by atoms with Crippen LogP contribution in [0.3, 0.4) is 0 Å². The van der Waals surface area contributed by atoms with Gasteiger partial charge in [-0.1, -0.05) is 6.58 Å². The third kappa shape index (κ3) is 3.44. The van der Waals surface area contributed by atoms with Crippen molar-refractivity contribution in [1.29, 1.82) is 0 Å². The van der Waals surface area contributed by atoms with Gasteiger partial charge in [0.1, 0.15) is 18.3 Å². The third-order valence-corrected chi connectivity index (χ3v) is 2.73. The van der Waals surface area contributed by atoms with E-state index < -0.39 is 36.7 Å². The molecule has 1 aliphatic rings. The van der Waals surface area contributed by atoms with Crippen molar-refractivity contribution in [3.63, 3.8) is 0 Å². The number of nitrogens with two attached hydrogens (primary N) is 2. The van der Waals surface area contributed by atoms with Gasteiger partial charge in [0.25, 0.3) is 0 Å². The predicted molar refractivity (Wildman–Crippen MR) is 66.2 cm³/mol. The summed E-state index contributed by atoms with van der Waals surface area (Å²) in [5.74, 6) is 0. The summed E-state index contributed by atoms with van der Waals surface area (Å²) in [7, 11) is 0. The number of rotatable bonds is 4. The number of hydrogen-bond acceptors (Lipinski definition) is 6. The van der Waals surface area contributed by atoms with Crippen molar-refractivity contribution in [2.24, 2.45) is 11.5 Å². The Bertz CT molecular complexity index is 385. The van der Waals surface area contributed by atoms with E-state index in [1.165, 1.54) is 19.2 Å². The molecule has 0 aromatic heterocycles. The fraction of sp³-hybridized carbons (Fsp3) is 0.545. The quantitative estimate of drug-likeness (QED) is 0.382. The van der Waals surface area contributed by atoms with E-state index in [9.17, 15) is 20.1 Å². The van der Waals surface area contributed by atoms with Crippen molar-refractivity contribution in [1.82, 2.24) is 4.90 Å². The Labute approximate surface area is 110 Å². The van der Waals surface area contributed by atoms with Crippen LogP contribution in [0.2, 0.25) is 0 Å². The van der Waals surface area contributed by atoms with E-state index in [1.807, 2.05) is 0 Å². The standard InChI is InChI=1S/C11H19N3O5/c1-5(12)3-4-14(11(13)18)10-8(17)7(16)9(19-10)6(2)15/h3-4,6-10,15-17H,1,12H2,2H3,(H2,13,18)/b4-3-/t6-,7-,8-,9+,10+/m0/s1. The highest BCUT2D eigenvalue weighted by atomic mass is 16.6. The molecule has 19 heavy (non-hydrogen) atoms. The van der Waals surface area contributed by atoms with Crippen molar-refractivity contribution in [2.45, 2.75) is 37.6 Å². The van der Waals surface area contributed by atoms with Crippen molar-refractivity contribution >= 4 is 6.03 Å². The lowest BCUT2D eigenvalue weighted by atomic mass is 10.1. The zero-order valence-electron chi connectivity index (χ0n) is 10.5. The molecule has 0 aromatic carbocycles. The number of primary amides is 1. The number of amides is 2. The molecule has 1 heterocycles. The Kier molecular flexibility index (Phi) is 4.90. The Morgan fingerprint density at radius 2 is 2.00 bits per heavy atom. The number of nitrogens with zero attached hydrogens (tertiary/aromatic N) is 1. The molecule has 8 heteroatoms. The topological polar surface area (TPSA) is 142 Å². The van der Waals surface area contributed by atoms with Crippen molar-refractivity contribution < 1.29 is 24.9 Å². The Morgan fingerprint density at radius 1 is 1.42 bits per heavy atom. The van der Waals surface area contributed by atoms with Gasteiger partial charge >= 0.3 is 6.03 Å². The molecule has 108 valence electrons. The molecule has 0 aliphatic carbocycles. The van der Waals surface area contributed by atoms with Crippen LogP contribution >= 0.6 is 0 Å². The summed E-state index contributed by atoms with van der Waals surface area (Å²) >= 11 is 0. The van der Waals surface area contributed by atoms with Gasteiger partial charge in [-0.25, -0.2) is 4.79 Å². The van der Waals surface area contributed by atoms with Crippen LogP contribution in [0, 0.1) is 0 Å². The lowest BCUT2D eigenvalue weighted by Gasteiger charge is -2.25. The molecule has 1 saturated heterocycles. The highest BCUT2D eigenvalue weighted by molar-refractivity contribution is 5.73. The molecule has 8 nitrogen and oxygen atoms in total. The molecule has 1 fully saturated rings. The number of ether oxygens (including phenoxy) is 1. The molecule has 0 unspecified atom stereocenters. The first-order valence-electron chi connectivity index (χ1n) is 5.65. The first-order valence-corrected chi connectivity index (χ1v) is 5.65. The van der Waals surface area contributed by atoms with Gasteiger partial charge in [0.15, 0.2) is 6.23 Å². The molecule has 0 radical (unpaired) electrons. The fourth-order valence-electron chi connectivity index (χ4n) is 1.77. The number of allylic oxidation sites excluding steroid dienone is 1. The maximum absolute atomic E-state index is 11.3. The van der Waals surface area contributed by atoms with Crippen molar-refractivity contribution in [3.8, 4) is 0 Å². The van der Waals surface area contributed by atoms with E-state index in [1.54, 1.807) is 0 Å². The fourth-order valence-corrected chi connectivity index (χ4v) is 1.77. The summed E-state index contributed by atoms with van der Waals surface area (Å²) in [5, 5.41) is 29.0. The van der Waals surface area contributed by atoms with E-state index in [-0.39, 0.29) is 5.70 Å². The zero-order chi connectivity index (χ0) is 14.7. The zero-order valence-corrected chi connectivity index (χ0v) is 10.5. The summed E-state index contributed by atoms with van der Waals surface area (Å²) in [4.78, 5) is 12.2. The highest BCUT2D eigenvalue weighted by Crippen LogP contribution is 2.26. The average molecular weight is 273 g/mol. The number of carbonyl (C=O) groups is 1. The van der Waals surface area contributed by atoms with Gasteiger partial charge in [-0.2, -0.15) is 0 Å². The van der Waals surface area contributed by atoms with E-state index in [0.29, 0.717) is 0 Å². The smallest absolute Gasteiger partial charge is 0.321 e. The summed E-state index contributed by atoms with van der Waals surface area (Å²) in [6.07, 6.45) is -3.49. The van der Waals surface area contributed by atoms with E-state index in [2.05, 4.69) is 6.58 Å². The van der Waals surface area contributed by atoms with Crippen LogP contribution in [0.4, 0.5) is 4.79 Å². The number of hydrogen-bond donors (Lipinski definition) is 5. The van der Waals surface area contributed by atoms with Gasteiger partial charge in [0, 0.05) is 11.9 Å². The number of urea groups is 1. The molecule has 0 saturated carbocycles. The maximum atomic E-state index is 11.3. The monoisotopic (exact) mass is 273 g/mol. The van der Waals surface area contributed by atoms with E-state index >= 15 is 0 Å². The second-order valence-corrected chi connectivity index (χ2v) is 4.35. The minimum absolute atomic E-state index is 0.173. The Balaban J connectivity index is 2.92. The predicted octanol–water partition coefficient (Wildman–Crippen LogP) is -1.82. The molecule has 0 aromatic rings. The summed E-state index contributed by atoms with van der Waals surface area (Å²) in [5.41, 5.74) is 10.7. The molecule has 2 amide bonds. The van der Waals surface area contributed by atoms with E-state index in [4.69, 9.17) is 16.2 Å². The molecule has 0 spiro atoms. The number of carbonyl (C=O) groups excluding carboxylic acids is 1. The van der Waals surface area contributed by atoms with Crippen LogP contribution < -0.4 is 11.5 Å². The molecule has 0 bridgehead atoms. The van der Waals surface area contributed by atoms with Gasteiger partial charge in [-0.3, -0.25) is 4.90 Å². The normalized spacial score (nSPS) is 32.4. The minimum atomic E-state index is -1.40. The second-order valence-electron chi connectivity index (χ2n) is 4.35. The lowest BCUT2D eigenvalue weighted by Crippen LogP contribution is -2.46. The summed E-state index contributed by atoms with van der Waals surface area (Å²) in [6, 6.07) is -0.903. The lowest BCUT2D eigenvalue weighted by molar-refractivity contribution is -0.0858. The number of aliphatic hydroxyl groups excluding tert-OH is 3. The molecule has 1 rings (SSSR count).